The summed E-state index contributed by atoms with van der Waals surface area (Å²) in [6.45, 7) is 0.695. The van der Waals surface area contributed by atoms with Gasteiger partial charge in [0.2, 0.25) is 0 Å². The third kappa shape index (κ3) is 3.04. The normalized spacial score (nSPS) is 9.88. The van der Waals surface area contributed by atoms with Crippen molar-refractivity contribution in [2.45, 2.75) is 6.42 Å². The zero-order valence-corrected chi connectivity index (χ0v) is 10.5. The standard InChI is InChI=1S/C11H10BrN5/c12-9-2-1-8(6-13)10(5-9)14-4-3-11-15-7-16-17-11/h1-2,5,7,14H,3-4H2,(H,15,16,17). The summed E-state index contributed by atoms with van der Waals surface area (Å²) in [6, 6.07) is 7.66. The van der Waals surface area contributed by atoms with E-state index in [0.717, 1.165) is 22.4 Å². The van der Waals surface area contributed by atoms with Gasteiger partial charge in [-0.3, -0.25) is 5.10 Å². The van der Waals surface area contributed by atoms with Crippen molar-refractivity contribution in [1.82, 2.24) is 15.2 Å². The number of anilines is 1. The van der Waals surface area contributed by atoms with Gasteiger partial charge in [-0.2, -0.15) is 10.4 Å². The first-order chi connectivity index (χ1) is 8.29. The Morgan fingerprint density at radius 2 is 2.35 bits per heavy atom. The number of hydrogen-bond donors (Lipinski definition) is 2. The lowest BCUT2D eigenvalue weighted by atomic mass is 10.2. The number of hydrogen-bond acceptors (Lipinski definition) is 4. The topological polar surface area (TPSA) is 77.4 Å². The lowest BCUT2D eigenvalue weighted by Gasteiger charge is -2.07. The minimum absolute atomic E-state index is 0.630. The molecule has 0 saturated carbocycles. The minimum atomic E-state index is 0.630. The Labute approximate surface area is 107 Å². The number of nitrogens with zero attached hydrogens (tertiary/aromatic N) is 3. The fourth-order valence-electron chi connectivity index (χ4n) is 1.43. The minimum Gasteiger partial charge on any atom is -0.383 e. The van der Waals surface area contributed by atoms with Crippen LogP contribution in [0, 0.1) is 11.3 Å². The maximum absolute atomic E-state index is 8.96. The first-order valence-electron chi connectivity index (χ1n) is 5.07. The number of rotatable bonds is 4. The predicted molar refractivity (Wildman–Crippen MR) is 67.4 cm³/mol. The van der Waals surface area contributed by atoms with E-state index in [0.29, 0.717) is 12.1 Å². The van der Waals surface area contributed by atoms with Crippen LogP contribution in [0.25, 0.3) is 0 Å². The Bertz CT molecular complexity index is 529. The second kappa shape index (κ2) is 5.46. The summed E-state index contributed by atoms with van der Waals surface area (Å²) < 4.78 is 0.943. The van der Waals surface area contributed by atoms with Crippen LogP contribution >= 0.6 is 15.9 Å². The number of nitrogens with one attached hydrogen (secondary N) is 2. The van der Waals surface area contributed by atoms with Crippen molar-refractivity contribution in [2.75, 3.05) is 11.9 Å². The van der Waals surface area contributed by atoms with Crippen LogP contribution in [0.1, 0.15) is 11.4 Å². The van der Waals surface area contributed by atoms with E-state index in [4.69, 9.17) is 5.26 Å². The molecule has 86 valence electrons. The summed E-state index contributed by atoms with van der Waals surface area (Å²) in [7, 11) is 0. The molecule has 2 N–H and O–H groups in total. The average molecular weight is 292 g/mol. The fraction of sp³-hybridized carbons (Fsp3) is 0.182. The quantitative estimate of drug-likeness (QED) is 0.904. The van der Waals surface area contributed by atoms with Gasteiger partial charge in [0.15, 0.2) is 0 Å². The van der Waals surface area contributed by atoms with Gasteiger partial charge in [-0.25, -0.2) is 4.98 Å². The molecule has 1 aromatic carbocycles. The van der Waals surface area contributed by atoms with E-state index >= 15 is 0 Å². The fourth-order valence-corrected chi connectivity index (χ4v) is 1.79. The number of benzene rings is 1. The van der Waals surface area contributed by atoms with E-state index in [2.05, 4.69) is 42.5 Å². The number of halogens is 1. The molecule has 0 aliphatic heterocycles. The molecule has 6 heteroatoms. The lowest BCUT2D eigenvalue weighted by Crippen LogP contribution is -2.07. The van der Waals surface area contributed by atoms with Crippen LogP contribution < -0.4 is 5.32 Å². The van der Waals surface area contributed by atoms with Gasteiger partial charge in [-0.05, 0) is 18.2 Å². The SMILES string of the molecule is N#Cc1ccc(Br)cc1NCCc1ncn[nH]1. The average Bonchev–Trinajstić information content (AvgIpc) is 2.82. The molecule has 0 bridgehead atoms. The van der Waals surface area contributed by atoms with Crippen molar-refractivity contribution >= 4 is 21.6 Å². The van der Waals surface area contributed by atoms with Gasteiger partial charge in [0.25, 0.3) is 0 Å². The van der Waals surface area contributed by atoms with Crippen LogP contribution in [-0.4, -0.2) is 21.7 Å². The molecule has 0 atom stereocenters. The third-order valence-corrected chi connectivity index (χ3v) is 2.74. The smallest absolute Gasteiger partial charge is 0.137 e. The van der Waals surface area contributed by atoms with E-state index in [1.165, 1.54) is 6.33 Å². The summed E-state index contributed by atoms with van der Waals surface area (Å²) in [5, 5.41) is 18.7. The molecule has 17 heavy (non-hydrogen) atoms. The summed E-state index contributed by atoms with van der Waals surface area (Å²) in [5.74, 6) is 0.825. The molecule has 0 saturated heterocycles. The van der Waals surface area contributed by atoms with Crippen molar-refractivity contribution in [1.29, 1.82) is 5.26 Å². The highest BCUT2D eigenvalue weighted by Gasteiger charge is 2.02. The molecule has 2 aromatic rings. The molecule has 0 unspecified atom stereocenters. The largest absolute Gasteiger partial charge is 0.383 e. The van der Waals surface area contributed by atoms with Crippen LogP contribution in [-0.2, 0) is 6.42 Å². The van der Waals surface area contributed by atoms with Gasteiger partial charge in [0.1, 0.15) is 18.2 Å². The van der Waals surface area contributed by atoms with E-state index in [1.54, 1.807) is 6.07 Å². The number of nitriles is 1. The van der Waals surface area contributed by atoms with Crippen molar-refractivity contribution in [3.8, 4) is 6.07 Å². The van der Waals surface area contributed by atoms with Crippen LogP contribution in [0.4, 0.5) is 5.69 Å². The first kappa shape index (κ1) is 11.6. The third-order valence-electron chi connectivity index (χ3n) is 2.24. The Kier molecular flexibility index (Phi) is 3.73. The highest BCUT2D eigenvalue weighted by atomic mass is 79.9. The maximum Gasteiger partial charge on any atom is 0.137 e. The summed E-state index contributed by atoms with van der Waals surface area (Å²) in [5.41, 5.74) is 1.45. The molecule has 1 heterocycles. The lowest BCUT2D eigenvalue weighted by molar-refractivity contribution is 0.901. The highest BCUT2D eigenvalue weighted by molar-refractivity contribution is 9.10. The van der Waals surface area contributed by atoms with Gasteiger partial charge in [-0.15, -0.1) is 0 Å². The molecule has 0 fully saturated rings. The van der Waals surface area contributed by atoms with Gasteiger partial charge >= 0.3 is 0 Å². The van der Waals surface area contributed by atoms with Gasteiger partial charge in [0.05, 0.1) is 11.3 Å². The predicted octanol–water partition coefficient (Wildman–Crippen LogP) is 2.09. The molecule has 1 aromatic heterocycles. The first-order valence-corrected chi connectivity index (χ1v) is 5.86. The zero-order valence-electron chi connectivity index (χ0n) is 8.94. The molecule has 0 spiro atoms. The zero-order chi connectivity index (χ0) is 12.1. The van der Waals surface area contributed by atoms with E-state index in [9.17, 15) is 0 Å². The molecule has 0 amide bonds. The van der Waals surface area contributed by atoms with Crippen LogP contribution in [0.2, 0.25) is 0 Å². The summed E-state index contributed by atoms with van der Waals surface area (Å²) in [6.07, 6.45) is 2.21. The van der Waals surface area contributed by atoms with E-state index in [-0.39, 0.29) is 0 Å². The van der Waals surface area contributed by atoms with Crippen molar-refractivity contribution in [2.24, 2.45) is 0 Å². The molecule has 5 nitrogen and oxygen atoms in total. The summed E-state index contributed by atoms with van der Waals surface area (Å²) in [4.78, 5) is 4.03. The molecule has 0 radical (unpaired) electrons. The Morgan fingerprint density at radius 3 is 3.06 bits per heavy atom. The van der Waals surface area contributed by atoms with Gasteiger partial charge in [-0.1, -0.05) is 15.9 Å². The Balaban J connectivity index is 1.99. The Morgan fingerprint density at radius 1 is 1.47 bits per heavy atom. The van der Waals surface area contributed by atoms with Gasteiger partial charge in [0, 0.05) is 17.4 Å². The van der Waals surface area contributed by atoms with E-state index < -0.39 is 0 Å². The monoisotopic (exact) mass is 291 g/mol. The van der Waals surface area contributed by atoms with Crippen molar-refractivity contribution in [3.63, 3.8) is 0 Å². The van der Waals surface area contributed by atoms with Crippen LogP contribution in [0.3, 0.4) is 0 Å². The number of H-pyrrole nitrogens is 1. The molecule has 2 rings (SSSR count). The maximum atomic E-state index is 8.96. The second-order valence-electron chi connectivity index (χ2n) is 3.41. The van der Waals surface area contributed by atoms with Crippen LogP contribution in [0.15, 0.2) is 29.0 Å². The summed E-state index contributed by atoms with van der Waals surface area (Å²) >= 11 is 3.38. The van der Waals surface area contributed by atoms with Gasteiger partial charge < -0.3 is 5.32 Å². The highest BCUT2D eigenvalue weighted by Crippen LogP contribution is 2.20. The molecule has 0 aliphatic carbocycles. The molecular formula is C11H10BrN5. The molecule has 0 aliphatic rings. The number of aromatic nitrogens is 3. The van der Waals surface area contributed by atoms with E-state index in [1.807, 2.05) is 12.1 Å². The molecular weight excluding hydrogens is 282 g/mol. The van der Waals surface area contributed by atoms with Crippen LogP contribution in [0.5, 0.6) is 0 Å². The number of aromatic amines is 1. The Hall–Kier alpha value is -1.87. The van der Waals surface area contributed by atoms with Crippen molar-refractivity contribution in [3.05, 3.63) is 40.4 Å². The second-order valence-corrected chi connectivity index (χ2v) is 4.33. The van der Waals surface area contributed by atoms with Crippen molar-refractivity contribution < 1.29 is 0 Å².